The van der Waals surface area contributed by atoms with Gasteiger partial charge in [0.2, 0.25) is 0 Å². The summed E-state index contributed by atoms with van der Waals surface area (Å²) in [4.78, 5) is 4.43. The van der Waals surface area contributed by atoms with E-state index in [-0.39, 0.29) is 6.54 Å². The lowest BCUT2D eigenvalue weighted by molar-refractivity contribution is -0.125. The molecule has 0 fully saturated rings. The number of hydrogen-bond acceptors (Lipinski definition) is 4. The first kappa shape index (κ1) is 17.4. The van der Waals surface area contributed by atoms with Crippen LogP contribution in [0.5, 0.6) is 0 Å². The molecule has 0 radical (unpaired) electrons. The molecule has 1 N–H and O–H groups in total. The van der Waals surface area contributed by atoms with E-state index in [2.05, 4.69) is 10.3 Å². The summed E-state index contributed by atoms with van der Waals surface area (Å²) < 4.78 is 42.0. The third kappa shape index (κ3) is 4.71. The predicted molar refractivity (Wildman–Crippen MR) is 73.8 cm³/mol. The van der Waals surface area contributed by atoms with Gasteiger partial charge in [0.05, 0.1) is 12.2 Å². The quantitative estimate of drug-likeness (QED) is 0.792. The Balaban J connectivity index is 2.70. The first-order chi connectivity index (χ1) is 9.37. The van der Waals surface area contributed by atoms with Crippen LogP contribution in [-0.2, 0) is 16.9 Å². The third-order valence-corrected chi connectivity index (χ3v) is 4.21. The molecule has 1 aromatic rings. The Morgan fingerprint density at radius 2 is 1.90 bits per heavy atom. The smallest absolute Gasteiger partial charge is 0.368 e. The predicted octanol–water partition coefficient (Wildman–Crippen LogP) is 3.85. The standard InChI is InChI=1S/C13H21F3N2OS/c1-4-12(5-2,19-6-3)11-18-10(8-20-11)7-17-9-13(14,15)16/h8,17H,4-7,9H2,1-3H3. The van der Waals surface area contributed by atoms with E-state index >= 15 is 0 Å². The number of thiazole rings is 1. The molecule has 1 heterocycles. The monoisotopic (exact) mass is 310 g/mol. The van der Waals surface area contributed by atoms with E-state index in [4.69, 9.17) is 4.74 Å². The van der Waals surface area contributed by atoms with Crippen molar-refractivity contribution in [3.8, 4) is 0 Å². The Morgan fingerprint density at radius 1 is 1.25 bits per heavy atom. The maximum atomic E-state index is 12.1. The molecule has 0 atom stereocenters. The van der Waals surface area contributed by atoms with Crippen molar-refractivity contribution in [3.05, 3.63) is 16.1 Å². The molecule has 0 aliphatic heterocycles. The lowest BCUT2D eigenvalue weighted by Crippen LogP contribution is -2.29. The van der Waals surface area contributed by atoms with Gasteiger partial charge in [0, 0.05) is 18.5 Å². The number of ether oxygens (including phenoxy) is 1. The molecule has 0 aliphatic carbocycles. The largest absolute Gasteiger partial charge is 0.401 e. The van der Waals surface area contributed by atoms with Crippen LogP contribution >= 0.6 is 11.3 Å². The number of alkyl halides is 3. The molecular formula is C13H21F3N2OS. The van der Waals surface area contributed by atoms with Gasteiger partial charge in [0.15, 0.2) is 0 Å². The minimum atomic E-state index is -4.19. The van der Waals surface area contributed by atoms with E-state index in [1.54, 1.807) is 5.38 Å². The summed E-state index contributed by atoms with van der Waals surface area (Å²) in [7, 11) is 0. The van der Waals surface area contributed by atoms with Crippen molar-refractivity contribution in [2.45, 2.75) is 51.9 Å². The molecule has 0 unspecified atom stereocenters. The van der Waals surface area contributed by atoms with Crippen molar-refractivity contribution in [3.63, 3.8) is 0 Å². The van der Waals surface area contributed by atoms with Crippen LogP contribution in [0.25, 0.3) is 0 Å². The molecule has 3 nitrogen and oxygen atoms in total. The molecule has 0 aliphatic rings. The summed E-state index contributed by atoms with van der Waals surface area (Å²) in [5, 5.41) is 4.98. The van der Waals surface area contributed by atoms with Crippen molar-refractivity contribution in [1.82, 2.24) is 10.3 Å². The summed E-state index contributed by atoms with van der Waals surface area (Å²) in [5.41, 5.74) is 0.210. The average Bonchev–Trinajstić information content (AvgIpc) is 2.84. The zero-order chi connectivity index (χ0) is 15.2. The molecule has 20 heavy (non-hydrogen) atoms. The van der Waals surface area contributed by atoms with Gasteiger partial charge in [0.25, 0.3) is 0 Å². The Morgan fingerprint density at radius 3 is 2.40 bits per heavy atom. The average molecular weight is 310 g/mol. The van der Waals surface area contributed by atoms with Crippen LogP contribution in [0.2, 0.25) is 0 Å². The van der Waals surface area contributed by atoms with Crippen LogP contribution in [0.1, 0.15) is 44.3 Å². The molecular weight excluding hydrogens is 289 g/mol. The highest BCUT2D eigenvalue weighted by Crippen LogP contribution is 2.35. The Kier molecular flexibility index (Phi) is 6.42. The number of nitrogens with one attached hydrogen (secondary N) is 1. The molecule has 0 aromatic carbocycles. The highest BCUT2D eigenvalue weighted by molar-refractivity contribution is 7.09. The Labute approximate surface area is 121 Å². The molecule has 116 valence electrons. The highest BCUT2D eigenvalue weighted by Gasteiger charge is 2.32. The fourth-order valence-electron chi connectivity index (χ4n) is 2.02. The maximum Gasteiger partial charge on any atom is 0.401 e. The van der Waals surface area contributed by atoms with Crippen molar-refractivity contribution in [2.75, 3.05) is 13.2 Å². The van der Waals surface area contributed by atoms with Gasteiger partial charge >= 0.3 is 6.18 Å². The number of rotatable bonds is 8. The van der Waals surface area contributed by atoms with Crippen LogP contribution in [0, 0.1) is 0 Å². The summed E-state index contributed by atoms with van der Waals surface area (Å²) in [6.07, 6.45) is -2.61. The second-order valence-corrected chi connectivity index (χ2v) is 5.36. The van der Waals surface area contributed by atoms with Gasteiger partial charge in [0.1, 0.15) is 10.6 Å². The molecule has 7 heteroatoms. The molecule has 0 bridgehead atoms. The minimum absolute atomic E-state index is 0.117. The van der Waals surface area contributed by atoms with Crippen molar-refractivity contribution in [2.24, 2.45) is 0 Å². The first-order valence-corrected chi connectivity index (χ1v) is 7.61. The molecule has 1 rings (SSSR count). The lowest BCUT2D eigenvalue weighted by atomic mass is 9.98. The van der Waals surface area contributed by atoms with Crippen LogP contribution in [0.4, 0.5) is 13.2 Å². The fourth-order valence-corrected chi connectivity index (χ4v) is 3.14. The molecule has 0 amide bonds. The Bertz CT molecular complexity index is 403. The van der Waals surface area contributed by atoms with E-state index in [9.17, 15) is 13.2 Å². The van der Waals surface area contributed by atoms with E-state index in [1.807, 2.05) is 20.8 Å². The van der Waals surface area contributed by atoms with Crippen molar-refractivity contribution in [1.29, 1.82) is 0 Å². The molecule has 0 saturated heterocycles. The number of nitrogens with zero attached hydrogens (tertiary/aromatic N) is 1. The summed E-state index contributed by atoms with van der Waals surface area (Å²) in [6.45, 7) is 5.69. The van der Waals surface area contributed by atoms with Gasteiger partial charge in [-0.25, -0.2) is 4.98 Å². The van der Waals surface area contributed by atoms with Gasteiger partial charge < -0.3 is 10.1 Å². The second-order valence-electron chi connectivity index (χ2n) is 4.50. The summed E-state index contributed by atoms with van der Waals surface area (Å²) >= 11 is 1.45. The number of aromatic nitrogens is 1. The minimum Gasteiger partial charge on any atom is -0.368 e. The molecule has 1 aromatic heterocycles. The second kappa shape index (κ2) is 7.38. The zero-order valence-corrected chi connectivity index (χ0v) is 12.8. The molecule has 0 saturated carbocycles. The number of hydrogen-bond donors (Lipinski definition) is 1. The third-order valence-electron chi connectivity index (χ3n) is 3.14. The van der Waals surface area contributed by atoms with E-state index in [1.165, 1.54) is 11.3 Å². The summed E-state index contributed by atoms with van der Waals surface area (Å²) in [6, 6.07) is 0. The fraction of sp³-hybridized carbons (Fsp3) is 0.769. The van der Waals surface area contributed by atoms with Crippen LogP contribution in [-0.4, -0.2) is 24.3 Å². The van der Waals surface area contributed by atoms with Crippen LogP contribution in [0.3, 0.4) is 0 Å². The lowest BCUT2D eigenvalue weighted by Gasteiger charge is -2.29. The maximum absolute atomic E-state index is 12.1. The van der Waals surface area contributed by atoms with E-state index in [0.29, 0.717) is 12.3 Å². The number of halogens is 3. The topological polar surface area (TPSA) is 34.1 Å². The van der Waals surface area contributed by atoms with Crippen molar-refractivity contribution < 1.29 is 17.9 Å². The first-order valence-electron chi connectivity index (χ1n) is 6.73. The van der Waals surface area contributed by atoms with E-state index < -0.39 is 18.3 Å². The van der Waals surface area contributed by atoms with Gasteiger partial charge in [-0.1, -0.05) is 13.8 Å². The van der Waals surface area contributed by atoms with Gasteiger partial charge in [-0.3, -0.25) is 0 Å². The SMILES string of the molecule is CCOC(CC)(CC)c1nc(CNCC(F)(F)F)cs1. The van der Waals surface area contributed by atoms with Gasteiger partial charge in [-0.05, 0) is 19.8 Å². The Hall–Kier alpha value is -0.660. The molecule has 0 spiro atoms. The normalized spacial score (nSPS) is 12.9. The van der Waals surface area contributed by atoms with Gasteiger partial charge in [-0.15, -0.1) is 11.3 Å². The van der Waals surface area contributed by atoms with E-state index in [0.717, 1.165) is 17.8 Å². The highest BCUT2D eigenvalue weighted by atomic mass is 32.1. The van der Waals surface area contributed by atoms with Crippen LogP contribution in [0.15, 0.2) is 5.38 Å². The summed E-state index contributed by atoms with van der Waals surface area (Å²) in [5.74, 6) is 0. The van der Waals surface area contributed by atoms with Crippen molar-refractivity contribution >= 4 is 11.3 Å². The zero-order valence-electron chi connectivity index (χ0n) is 12.0. The van der Waals surface area contributed by atoms with Crippen LogP contribution < -0.4 is 5.32 Å². The van der Waals surface area contributed by atoms with Gasteiger partial charge in [-0.2, -0.15) is 13.2 Å².